The van der Waals surface area contributed by atoms with E-state index in [1.165, 1.54) is 5.56 Å². The Morgan fingerprint density at radius 1 is 1.14 bits per heavy atom. The summed E-state index contributed by atoms with van der Waals surface area (Å²) in [5, 5.41) is 3.21. The molecule has 1 saturated heterocycles. The number of hydrogen-bond acceptors (Lipinski definition) is 3. The molecule has 1 atom stereocenters. The lowest BCUT2D eigenvalue weighted by molar-refractivity contribution is 0.0899. The van der Waals surface area contributed by atoms with Crippen LogP contribution in [0.15, 0.2) is 60.7 Å². The number of aromatic amines is 1. The summed E-state index contributed by atoms with van der Waals surface area (Å²) in [6, 6.07) is 20.6. The molecule has 0 bridgehead atoms. The number of aryl methyl sites for hydroxylation is 1. The molecular formula is C24H28N4O. The van der Waals surface area contributed by atoms with E-state index in [0.29, 0.717) is 5.69 Å². The summed E-state index contributed by atoms with van der Waals surface area (Å²) in [7, 11) is 0. The third kappa shape index (κ3) is 4.93. The number of hydrogen-bond donors (Lipinski definition) is 2. The van der Waals surface area contributed by atoms with Crippen molar-refractivity contribution in [3.8, 4) is 11.4 Å². The van der Waals surface area contributed by atoms with E-state index in [1.807, 2.05) is 37.3 Å². The van der Waals surface area contributed by atoms with Crippen molar-refractivity contribution in [2.45, 2.75) is 32.2 Å². The average molecular weight is 389 g/mol. The van der Waals surface area contributed by atoms with E-state index in [9.17, 15) is 4.79 Å². The molecule has 0 unspecified atom stereocenters. The third-order valence-corrected chi connectivity index (χ3v) is 5.55. The van der Waals surface area contributed by atoms with Gasteiger partial charge in [-0.15, -0.1) is 0 Å². The molecule has 0 spiro atoms. The van der Waals surface area contributed by atoms with Crippen LogP contribution in [0, 0.1) is 6.92 Å². The van der Waals surface area contributed by atoms with E-state index >= 15 is 0 Å². The number of nitrogens with one attached hydrogen (secondary N) is 2. The van der Waals surface area contributed by atoms with Crippen LogP contribution in [0.25, 0.3) is 11.4 Å². The van der Waals surface area contributed by atoms with Gasteiger partial charge in [-0.25, -0.2) is 4.98 Å². The van der Waals surface area contributed by atoms with Crippen molar-refractivity contribution in [3.05, 3.63) is 77.6 Å². The van der Waals surface area contributed by atoms with E-state index < -0.39 is 0 Å². The summed E-state index contributed by atoms with van der Waals surface area (Å²) in [4.78, 5) is 23.1. The molecule has 150 valence electrons. The second-order valence-corrected chi connectivity index (χ2v) is 7.77. The highest BCUT2D eigenvalue weighted by Gasteiger charge is 2.24. The average Bonchev–Trinajstić information content (AvgIpc) is 3.16. The molecule has 0 aliphatic carbocycles. The first-order chi connectivity index (χ1) is 14.2. The monoisotopic (exact) mass is 388 g/mol. The molecule has 1 aliphatic rings. The third-order valence-electron chi connectivity index (χ3n) is 5.55. The Balaban J connectivity index is 1.35. The molecule has 1 amide bonds. The first-order valence-electron chi connectivity index (χ1n) is 10.4. The van der Waals surface area contributed by atoms with Crippen LogP contribution in [-0.4, -0.2) is 46.5 Å². The lowest BCUT2D eigenvalue weighted by Gasteiger charge is -2.33. The van der Waals surface area contributed by atoms with Gasteiger partial charge in [-0.3, -0.25) is 4.79 Å². The maximum absolute atomic E-state index is 12.9. The second kappa shape index (κ2) is 9.05. The van der Waals surface area contributed by atoms with Crippen LogP contribution < -0.4 is 5.32 Å². The van der Waals surface area contributed by atoms with E-state index in [0.717, 1.165) is 56.0 Å². The van der Waals surface area contributed by atoms with E-state index in [4.69, 9.17) is 0 Å². The van der Waals surface area contributed by atoms with Crippen LogP contribution in [0.3, 0.4) is 0 Å². The molecule has 4 rings (SSSR count). The second-order valence-electron chi connectivity index (χ2n) is 7.77. The topological polar surface area (TPSA) is 61.0 Å². The molecule has 0 saturated carbocycles. The van der Waals surface area contributed by atoms with Gasteiger partial charge < -0.3 is 15.2 Å². The highest BCUT2D eigenvalue weighted by Crippen LogP contribution is 2.18. The number of carbonyl (C=O) groups excluding carboxylic acids is 1. The molecule has 2 aromatic carbocycles. The highest BCUT2D eigenvalue weighted by molar-refractivity contribution is 5.94. The Bertz CT molecular complexity index is 936. The van der Waals surface area contributed by atoms with Gasteiger partial charge in [0.15, 0.2) is 0 Å². The summed E-state index contributed by atoms with van der Waals surface area (Å²) >= 11 is 0. The summed E-state index contributed by atoms with van der Waals surface area (Å²) in [5.74, 6) is 0.650. The smallest absolute Gasteiger partial charge is 0.272 e. The van der Waals surface area contributed by atoms with Crippen molar-refractivity contribution >= 4 is 5.91 Å². The Kier molecular flexibility index (Phi) is 6.06. The van der Waals surface area contributed by atoms with Crippen LogP contribution in [0.5, 0.6) is 0 Å². The van der Waals surface area contributed by atoms with E-state index in [-0.39, 0.29) is 11.9 Å². The standard InChI is InChI=1S/C24H28N4O/c1-18-22(27-23(25-18)20-11-6-3-7-12-20)24(29)26-21-13-8-15-28(17-21)16-14-19-9-4-2-5-10-19/h2-7,9-12,21H,8,13-17H2,1H3,(H,25,27)(H,26,29)/t21-/m1/s1. The number of imidazole rings is 1. The number of likely N-dealkylation sites (tertiary alicyclic amines) is 1. The maximum Gasteiger partial charge on any atom is 0.272 e. The summed E-state index contributed by atoms with van der Waals surface area (Å²) in [5.41, 5.74) is 3.64. The van der Waals surface area contributed by atoms with Gasteiger partial charge in [-0.1, -0.05) is 60.7 Å². The fourth-order valence-corrected chi connectivity index (χ4v) is 3.98. The minimum absolute atomic E-state index is 0.0872. The molecule has 1 aliphatic heterocycles. The van der Waals surface area contributed by atoms with Gasteiger partial charge in [0.1, 0.15) is 11.5 Å². The van der Waals surface area contributed by atoms with Gasteiger partial charge in [-0.05, 0) is 38.3 Å². The SMILES string of the molecule is Cc1[nH]c(-c2ccccc2)nc1C(=O)N[C@@H]1CCCN(CCc2ccccc2)C1. The summed E-state index contributed by atoms with van der Waals surface area (Å²) in [6.07, 6.45) is 3.16. The first-order valence-corrected chi connectivity index (χ1v) is 10.4. The number of H-pyrrole nitrogens is 1. The largest absolute Gasteiger partial charge is 0.347 e. The van der Waals surface area contributed by atoms with Crippen molar-refractivity contribution < 1.29 is 4.79 Å². The lowest BCUT2D eigenvalue weighted by atomic mass is 10.0. The number of benzene rings is 2. The van der Waals surface area contributed by atoms with Gasteiger partial charge in [-0.2, -0.15) is 0 Å². The quantitative estimate of drug-likeness (QED) is 0.675. The zero-order valence-corrected chi connectivity index (χ0v) is 16.9. The van der Waals surface area contributed by atoms with Crippen molar-refractivity contribution in [1.82, 2.24) is 20.2 Å². The molecule has 3 aromatic rings. The fourth-order valence-electron chi connectivity index (χ4n) is 3.98. The minimum Gasteiger partial charge on any atom is -0.347 e. The molecule has 0 radical (unpaired) electrons. The Hall–Kier alpha value is -2.92. The van der Waals surface area contributed by atoms with Gasteiger partial charge >= 0.3 is 0 Å². The predicted octanol–water partition coefficient (Wildman–Crippen LogP) is 3.82. The number of nitrogens with zero attached hydrogens (tertiary/aromatic N) is 2. The Morgan fingerprint density at radius 3 is 2.62 bits per heavy atom. The van der Waals surface area contributed by atoms with Crippen LogP contribution in [0.4, 0.5) is 0 Å². The van der Waals surface area contributed by atoms with Crippen molar-refractivity contribution in [2.75, 3.05) is 19.6 Å². The molecule has 5 heteroatoms. The number of rotatable bonds is 6. The number of carbonyl (C=O) groups is 1. The zero-order chi connectivity index (χ0) is 20.1. The number of piperidine rings is 1. The van der Waals surface area contributed by atoms with Crippen molar-refractivity contribution in [2.24, 2.45) is 0 Å². The van der Waals surface area contributed by atoms with Gasteiger partial charge in [0.05, 0.1) is 0 Å². The van der Waals surface area contributed by atoms with Gasteiger partial charge in [0.25, 0.3) is 5.91 Å². The normalized spacial score (nSPS) is 17.2. The fraction of sp³-hybridized carbons (Fsp3) is 0.333. The number of amides is 1. The van der Waals surface area contributed by atoms with E-state index in [2.05, 4.69) is 50.5 Å². The molecular weight excluding hydrogens is 360 g/mol. The maximum atomic E-state index is 12.9. The first kappa shape index (κ1) is 19.4. The molecule has 1 aromatic heterocycles. The molecule has 2 heterocycles. The van der Waals surface area contributed by atoms with Gasteiger partial charge in [0.2, 0.25) is 0 Å². The highest BCUT2D eigenvalue weighted by atomic mass is 16.2. The van der Waals surface area contributed by atoms with Crippen molar-refractivity contribution in [3.63, 3.8) is 0 Å². The number of aromatic nitrogens is 2. The molecule has 1 fully saturated rings. The minimum atomic E-state index is -0.0872. The lowest BCUT2D eigenvalue weighted by Crippen LogP contribution is -2.48. The van der Waals surface area contributed by atoms with Crippen molar-refractivity contribution in [1.29, 1.82) is 0 Å². The summed E-state index contributed by atoms with van der Waals surface area (Å²) in [6.45, 7) is 4.92. The van der Waals surface area contributed by atoms with Crippen LogP contribution in [-0.2, 0) is 6.42 Å². The Morgan fingerprint density at radius 2 is 1.86 bits per heavy atom. The van der Waals surface area contributed by atoms with Crippen LogP contribution in [0.1, 0.15) is 34.6 Å². The summed E-state index contributed by atoms with van der Waals surface area (Å²) < 4.78 is 0. The zero-order valence-electron chi connectivity index (χ0n) is 16.9. The van der Waals surface area contributed by atoms with Crippen LogP contribution >= 0.6 is 0 Å². The van der Waals surface area contributed by atoms with Crippen LogP contribution in [0.2, 0.25) is 0 Å². The predicted molar refractivity (Wildman–Crippen MR) is 116 cm³/mol. The van der Waals surface area contributed by atoms with Gasteiger partial charge in [0, 0.05) is 30.4 Å². The van der Waals surface area contributed by atoms with E-state index in [1.54, 1.807) is 0 Å². The molecule has 29 heavy (non-hydrogen) atoms. The molecule has 2 N–H and O–H groups in total. The Labute approximate surface area is 172 Å². The molecule has 5 nitrogen and oxygen atoms in total.